The molecule has 3 rings (SSSR count). The van der Waals surface area contributed by atoms with Crippen LogP contribution in [0.1, 0.15) is 47.4 Å². The number of carbonyl (C=O) groups is 1. The molecule has 0 aromatic carbocycles. The first kappa shape index (κ1) is 18.4. The second kappa shape index (κ2) is 6.72. The van der Waals surface area contributed by atoms with Gasteiger partial charge >= 0.3 is 0 Å². The van der Waals surface area contributed by atoms with Crippen LogP contribution in [0.4, 0.5) is 0 Å². The van der Waals surface area contributed by atoms with Crippen molar-refractivity contribution in [3.05, 3.63) is 50.6 Å². The molecule has 1 amide bonds. The normalized spacial score (nSPS) is 11.9. The molecule has 3 aromatic heterocycles. The number of hydrogen-bond acceptors (Lipinski definition) is 4. The summed E-state index contributed by atoms with van der Waals surface area (Å²) in [5, 5.41) is 3.56. The van der Waals surface area contributed by atoms with Crippen molar-refractivity contribution in [1.82, 2.24) is 19.9 Å². The third-order valence-electron chi connectivity index (χ3n) is 4.47. The Bertz CT molecular complexity index is 1020. The highest BCUT2D eigenvalue weighted by atomic mass is 32.1. The van der Waals surface area contributed by atoms with Crippen molar-refractivity contribution < 1.29 is 4.79 Å². The summed E-state index contributed by atoms with van der Waals surface area (Å²) in [6, 6.07) is 1.81. The predicted molar refractivity (Wildman–Crippen MR) is 105 cm³/mol. The quantitative estimate of drug-likeness (QED) is 0.738. The van der Waals surface area contributed by atoms with Crippen molar-refractivity contribution in [1.29, 1.82) is 0 Å². The molecule has 138 valence electrons. The molecule has 6 nitrogen and oxygen atoms in total. The van der Waals surface area contributed by atoms with Gasteiger partial charge in [-0.25, -0.2) is 4.98 Å². The van der Waals surface area contributed by atoms with Gasteiger partial charge in [0.1, 0.15) is 10.7 Å². The molecule has 0 radical (unpaired) electrons. The number of rotatable bonds is 4. The standard InChI is InChI=1S/C19H24N4O2S/c1-11-12(2)26-18-15(11)17(25)21-14(22-18)6-8-20-16(24)13-7-9-23(10-13)19(3,4)5/h7,9-10H,6,8H2,1-5H3,(H,20,24)(H,21,22,25). The van der Waals surface area contributed by atoms with E-state index in [4.69, 9.17) is 0 Å². The minimum atomic E-state index is -0.126. The van der Waals surface area contributed by atoms with E-state index in [0.29, 0.717) is 29.7 Å². The molecule has 3 aromatic rings. The zero-order valence-corrected chi connectivity index (χ0v) is 16.6. The van der Waals surface area contributed by atoms with Crippen molar-refractivity contribution in [2.24, 2.45) is 0 Å². The average molecular weight is 372 g/mol. The van der Waals surface area contributed by atoms with Crippen molar-refractivity contribution in [3.8, 4) is 0 Å². The molecule has 0 unspecified atom stereocenters. The van der Waals surface area contributed by atoms with Gasteiger partial charge in [0.2, 0.25) is 0 Å². The van der Waals surface area contributed by atoms with Crippen LogP contribution in [0, 0.1) is 13.8 Å². The molecule has 0 saturated heterocycles. The van der Waals surface area contributed by atoms with Gasteiger partial charge in [-0.3, -0.25) is 9.59 Å². The summed E-state index contributed by atoms with van der Waals surface area (Å²) in [6.07, 6.45) is 4.23. The number of fused-ring (bicyclic) bond motifs is 1. The number of H-pyrrole nitrogens is 1. The van der Waals surface area contributed by atoms with Crippen LogP contribution in [0.3, 0.4) is 0 Å². The van der Waals surface area contributed by atoms with Gasteiger partial charge in [0.05, 0.1) is 10.9 Å². The van der Waals surface area contributed by atoms with Crippen LogP contribution in [0.25, 0.3) is 10.2 Å². The van der Waals surface area contributed by atoms with E-state index < -0.39 is 0 Å². The topological polar surface area (TPSA) is 79.8 Å². The summed E-state index contributed by atoms with van der Waals surface area (Å²) < 4.78 is 2.01. The summed E-state index contributed by atoms with van der Waals surface area (Å²) in [4.78, 5) is 33.8. The van der Waals surface area contributed by atoms with E-state index in [0.717, 1.165) is 15.3 Å². The lowest BCUT2D eigenvalue weighted by Gasteiger charge is -2.20. The van der Waals surface area contributed by atoms with Crippen LogP contribution >= 0.6 is 11.3 Å². The molecule has 26 heavy (non-hydrogen) atoms. The maximum absolute atomic E-state index is 12.3. The third kappa shape index (κ3) is 3.58. The monoisotopic (exact) mass is 372 g/mol. The largest absolute Gasteiger partial charge is 0.352 e. The van der Waals surface area contributed by atoms with Gasteiger partial charge in [0.15, 0.2) is 0 Å². The molecular formula is C19H24N4O2S. The van der Waals surface area contributed by atoms with Crippen molar-refractivity contribution >= 4 is 27.5 Å². The molecule has 3 heterocycles. The highest BCUT2D eigenvalue weighted by Gasteiger charge is 2.15. The lowest BCUT2D eigenvalue weighted by molar-refractivity contribution is 0.0954. The van der Waals surface area contributed by atoms with Crippen LogP contribution in [0.2, 0.25) is 0 Å². The van der Waals surface area contributed by atoms with Gasteiger partial charge < -0.3 is 14.9 Å². The van der Waals surface area contributed by atoms with Crippen LogP contribution < -0.4 is 10.9 Å². The number of aryl methyl sites for hydroxylation is 2. The van der Waals surface area contributed by atoms with E-state index in [1.54, 1.807) is 0 Å². The number of thiophene rings is 1. The molecule has 0 atom stereocenters. The molecule has 2 N–H and O–H groups in total. The first-order chi connectivity index (χ1) is 12.2. The average Bonchev–Trinajstić information content (AvgIpc) is 3.13. The fourth-order valence-corrected chi connectivity index (χ4v) is 3.81. The van der Waals surface area contributed by atoms with Gasteiger partial charge in [-0.05, 0) is 46.2 Å². The maximum atomic E-state index is 12.3. The minimum absolute atomic E-state index is 0.0612. The lowest BCUT2D eigenvalue weighted by Crippen LogP contribution is -2.27. The first-order valence-electron chi connectivity index (χ1n) is 8.62. The van der Waals surface area contributed by atoms with E-state index in [1.807, 2.05) is 36.9 Å². The fraction of sp³-hybridized carbons (Fsp3) is 0.421. The van der Waals surface area contributed by atoms with Gasteiger partial charge in [-0.1, -0.05) is 0 Å². The molecule has 0 aliphatic carbocycles. The van der Waals surface area contributed by atoms with Crippen LogP contribution in [0.15, 0.2) is 23.3 Å². The molecule has 0 saturated carbocycles. The van der Waals surface area contributed by atoms with Gasteiger partial charge in [0.25, 0.3) is 11.5 Å². The third-order valence-corrected chi connectivity index (χ3v) is 5.57. The Kier molecular flexibility index (Phi) is 4.75. The number of amides is 1. The summed E-state index contributed by atoms with van der Waals surface area (Å²) >= 11 is 1.53. The summed E-state index contributed by atoms with van der Waals surface area (Å²) in [5.74, 6) is 0.468. The Morgan fingerprint density at radius 1 is 1.35 bits per heavy atom. The predicted octanol–water partition coefficient (Wildman–Crippen LogP) is 3.13. The summed E-state index contributed by atoms with van der Waals surface area (Å²) in [5.41, 5.74) is 1.44. The van der Waals surface area contributed by atoms with Crippen LogP contribution in [0.5, 0.6) is 0 Å². The Labute approximate surface area is 156 Å². The molecule has 0 aliphatic rings. The fourth-order valence-electron chi connectivity index (χ4n) is 2.76. The number of nitrogens with zero attached hydrogens (tertiary/aromatic N) is 2. The lowest BCUT2D eigenvalue weighted by atomic mass is 10.1. The molecule has 0 spiro atoms. The van der Waals surface area contributed by atoms with Crippen LogP contribution in [-0.4, -0.2) is 27.0 Å². The first-order valence-corrected chi connectivity index (χ1v) is 9.44. The summed E-state index contributed by atoms with van der Waals surface area (Å²) in [7, 11) is 0. The highest BCUT2D eigenvalue weighted by Crippen LogP contribution is 2.25. The van der Waals surface area contributed by atoms with Gasteiger partial charge in [0, 0.05) is 35.8 Å². The Balaban J connectivity index is 1.66. The van der Waals surface area contributed by atoms with E-state index in [9.17, 15) is 9.59 Å². The van der Waals surface area contributed by atoms with Crippen LogP contribution in [-0.2, 0) is 12.0 Å². The SMILES string of the molecule is Cc1sc2nc(CCNC(=O)c3ccn(C(C)(C)C)c3)[nH]c(=O)c2c1C. The Morgan fingerprint density at radius 2 is 2.08 bits per heavy atom. The van der Waals surface area contributed by atoms with Gasteiger partial charge in [-0.2, -0.15) is 0 Å². The summed E-state index contributed by atoms with van der Waals surface area (Å²) in [6.45, 7) is 10.6. The molecule has 0 bridgehead atoms. The van der Waals surface area contributed by atoms with Crippen molar-refractivity contribution in [2.75, 3.05) is 6.54 Å². The highest BCUT2D eigenvalue weighted by molar-refractivity contribution is 7.18. The molecule has 7 heteroatoms. The number of hydrogen-bond donors (Lipinski definition) is 2. The molecule has 0 fully saturated rings. The van der Waals surface area contributed by atoms with E-state index in [-0.39, 0.29) is 17.0 Å². The van der Waals surface area contributed by atoms with Crippen molar-refractivity contribution in [2.45, 2.75) is 46.6 Å². The molecular weight excluding hydrogens is 348 g/mol. The second-order valence-electron chi connectivity index (χ2n) is 7.46. The zero-order chi connectivity index (χ0) is 19.1. The van der Waals surface area contributed by atoms with Crippen molar-refractivity contribution in [3.63, 3.8) is 0 Å². The second-order valence-corrected chi connectivity index (χ2v) is 8.66. The molecule has 0 aliphatic heterocycles. The van der Waals surface area contributed by atoms with E-state index in [2.05, 4.69) is 36.1 Å². The number of aromatic amines is 1. The number of nitrogens with one attached hydrogen (secondary N) is 2. The van der Waals surface area contributed by atoms with E-state index in [1.165, 1.54) is 11.3 Å². The minimum Gasteiger partial charge on any atom is -0.352 e. The Morgan fingerprint density at radius 3 is 2.73 bits per heavy atom. The van der Waals surface area contributed by atoms with E-state index >= 15 is 0 Å². The number of carbonyl (C=O) groups excluding carboxylic acids is 1. The number of aromatic nitrogens is 3. The van der Waals surface area contributed by atoms with Gasteiger partial charge in [-0.15, -0.1) is 11.3 Å². The smallest absolute Gasteiger partial charge is 0.259 e. The maximum Gasteiger partial charge on any atom is 0.259 e. The zero-order valence-electron chi connectivity index (χ0n) is 15.8. The Hall–Kier alpha value is -2.41.